The fourth-order valence-corrected chi connectivity index (χ4v) is 5.39. The van der Waals surface area contributed by atoms with Crippen molar-refractivity contribution in [1.29, 1.82) is 0 Å². The second-order valence-electron chi connectivity index (χ2n) is 11.9. The van der Waals surface area contributed by atoms with E-state index in [1.54, 1.807) is 55.6 Å². The first kappa shape index (κ1) is 39.2. The Morgan fingerprint density at radius 1 is 0.630 bits per heavy atom. The van der Waals surface area contributed by atoms with E-state index < -0.39 is 23.8 Å². The van der Waals surface area contributed by atoms with E-state index in [-0.39, 0.29) is 53.7 Å². The Morgan fingerprint density at radius 3 is 1.61 bits per heavy atom. The van der Waals surface area contributed by atoms with E-state index in [4.69, 9.17) is 52.1 Å². The molecule has 288 valence electrons. The minimum Gasteiger partial charge on any atom is -0.497 e. The molecule has 1 heterocycles. The van der Waals surface area contributed by atoms with Crippen molar-refractivity contribution in [1.82, 2.24) is 5.32 Å². The lowest BCUT2D eigenvalue weighted by Crippen LogP contribution is -2.58. The molecule has 0 amide bonds. The second kappa shape index (κ2) is 17.6. The van der Waals surface area contributed by atoms with Gasteiger partial charge in [-0.3, -0.25) is 0 Å². The summed E-state index contributed by atoms with van der Waals surface area (Å²) in [6.07, 6.45) is -0.373. The van der Waals surface area contributed by atoms with Crippen molar-refractivity contribution in [2.45, 2.75) is 31.3 Å². The molecule has 0 aromatic heterocycles. The maximum absolute atomic E-state index is 14.0. The van der Waals surface area contributed by atoms with Gasteiger partial charge in [0.2, 0.25) is 0 Å². The summed E-state index contributed by atoms with van der Waals surface area (Å²) in [6, 6.07) is 19.1. The lowest BCUT2D eigenvalue weighted by Gasteiger charge is -2.24. The topological polar surface area (TPSA) is 168 Å². The van der Waals surface area contributed by atoms with Crippen molar-refractivity contribution in [3.05, 3.63) is 78.4 Å². The standard InChI is InChI=1S/C39H43NO14/c1-23(40-21-25(41)22-50-33-18-26(44-2)9-13-29(33)47-5)16-24-8-12-32-36(17-24)54-39(53-32,37(42)51-34-19-27(45-3)10-14-30(34)48-6)38(43)52-35-20-28(46-4)11-15-31(35)49-7/h8-15,17-20,23,25,40-41H,16,21-22H2,1-7H3. The highest BCUT2D eigenvalue weighted by atomic mass is 16.8. The number of esters is 2. The SMILES string of the molecule is COc1ccc(OC)c(OCC(O)CNC(C)Cc2ccc3c(c2)OC(C(=O)Oc2cc(OC)ccc2OC)(C(=O)Oc2cc(OC)ccc2OC)O3)c1. The molecule has 0 saturated heterocycles. The smallest absolute Gasteiger partial charge is 0.454 e. The van der Waals surface area contributed by atoms with Gasteiger partial charge in [0.25, 0.3) is 0 Å². The van der Waals surface area contributed by atoms with Crippen molar-refractivity contribution < 1.29 is 66.8 Å². The van der Waals surface area contributed by atoms with Gasteiger partial charge in [-0.1, -0.05) is 6.07 Å². The van der Waals surface area contributed by atoms with Crippen LogP contribution in [0.2, 0.25) is 0 Å². The number of aliphatic hydroxyl groups is 1. The first-order valence-electron chi connectivity index (χ1n) is 16.7. The van der Waals surface area contributed by atoms with Crippen LogP contribution in [0.25, 0.3) is 0 Å². The number of carbonyl (C=O) groups excluding carboxylic acids is 2. The van der Waals surface area contributed by atoms with Gasteiger partial charge >= 0.3 is 17.7 Å². The van der Waals surface area contributed by atoms with Crippen LogP contribution in [0.5, 0.6) is 63.2 Å². The predicted molar refractivity (Wildman–Crippen MR) is 193 cm³/mol. The molecule has 0 fully saturated rings. The predicted octanol–water partition coefficient (Wildman–Crippen LogP) is 4.38. The summed E-state index contributed by atoms with van der Waals surface area (Å²) in [5.74, 6) is -2.58. The van der Waals surface area contributed by atoms with Gasteiger partial charge in [-0.25, -0.2) is 9.59 Å². The Hall–Kier alpha value is -6.06. The van der Waals surface area contributed by atoms with Crippen LogP contribution in [-0.2, 0) is 16.0 Å². The van der Waals surface area contributed by atoms with Crippen molar-refractivity contribution in [3.8, 4) is 63.2 Å². The van der Waals surface area contributed by atoms with Crippen LogP contribution in [0.4, 0.5) is 0 Å². The van der Waals surface area contributed by atoms with Gasteiger partial charge < -0.3 is 62.5 Å². The second-order valence-corrected chi connectivity index (χ2v) is 11.9. The average Bonchev–Trinajstić information content (AvgIpc) is 3.59. The molecule has 0 aliphatic carbocycles. The number of ether oxygens (including phenoxy) is 11. The average molecular weight is 750 g/mol. The van der Waals surface area contributed by atoms with Crippen LogP contribution >= 0.6 is 0 Å². The molecule has 4 aromatic rings. The van der Waals surface area contributed by atoms with E-state index in [2.05, 4.69) is 5.32 Å². The van der Waals surface area contributed by atoms with Gasteiger partial charge in [0.05, 0.1) is 42.7 Å². The quantitative estimate of drug-likeness (QED) is 0.0835. The van der Waals surface area contributed by atoms with Gasteiger partial charge in [0, 0.05) is 30.8 Å². The molecular formula is C39H43NO14. The highest BCUT2D eigenvalue weighted by Gasteiger charge is 2.60. The van der Waals surface area contributed by atoms with Gasteiger partial charge in [0.15, 0.2) is 46.0 Å². The summed E-state index contributed by atoms with van der Waals surface area (Å²) < 4.78 is 61.0. The third kappa shape index (κ3) is 8.93. The van der Waals surface area contributed by atoms with Crippen molar-refractivity contribution >= 4 is 11.9 Å². The zero-order valence-electron chi connectivity index (χ0n) is 31.0. The first-order chi connectivity index (χ1) is 26.1. The highest BCUT2D eigenvalue weighted by Crippen LogP contribution is 2.43. The molecule has 1 aliphatic heterocycles. The summed E-state index contributed by atoms with van der Waals surface area (Å²) >= 11 is 0. The lowest BCUT2D eigenvalue weighted by atomic mass is 10.1. The van der Waals surface area contributed by atoms with E-state index in [0.29, 0.717) is 35.2 Å². The number of benzene rings is 4. The van der Waals surface area contributed by atoms with Gasteiger partial charge in [0.1, 0.15) is 30.0 Å². The fraction of sp³-hybridized carbons (Fsp3) is 0.333. The van der Waals surface area contributed by atoms with Crippen LogP contribution in [0.1, 0.15) is 12.5 Å². The number of aliphatic hydroxyl groups excluding tert-OH is 1. The van der Waals surface area contributed by atoms with E-state index in [9.17, 15) is 14.7 Å². The van der Waals surface area contributed by atoms with E-state index in [1.807, 2.05) is 6.92 Å². The molecule has 0 bridgehead atoms. The monoisotopic (exact) mass is 749 g/mol. The minimum absolute atomic E-state index is 0.00479. The molecule has 5 rings (SSSR count). The van der Waals surface area contributed by atoms with Crippen LogP contribution in [-0.4, -0.2) is 90.8 Å². The minimum atomic E-state index is -2.75. The third-order valence-electron chi connectivity index (χ3n) is 8.25. The van der Waals surface area contributed by atoms with Crippen LogP contribution in [0.3, 0.4) is 0 Å². The van der Waals surface area contributed by atoms with Crippen LogP contribution in [0, 0.1) is 0 Å². The molecule has 15 nitrogen and oxygen atoms in total. The largest absolute Gasteiger partial charge is 0.497 e. The Labute approximate surface area is 312 Å². The van der Waals surface area contributed by atoms with Crippen LogP contribution in [0.15, 0.2) is 72.8 Å². The Balaban J connectivity index is 1.31. The van der Waals surface area contributed by atoms with Crippen molar-refractivity contribution in [3.63, 3.8) is 0 Å². The summed E-state index contributed by atoms with van der Waals surface area (Å²) in [5, 5.41) is 13.9. The summed E-state index contributed by atoms with van der Waals surface area (Å²) in [7, 11) is 8.75. The Morgan fingerprint density at radius 2 is 1.11 bits per heavy atom. The maximum Gasteiger partial charge on any atom is 0.454 e. The molecule has 0 spiro atoms. The van der Waals surface area contributed by atoms with Crippen molar-refractivity contribution in [2.24, 2.45) is 0 Å². The first-order valence-corrected chi connectivity index (χ1v) is 16.7. The number of hydrogen-bond donors (Lipinski definition) is 2. The zero-order chi connectivity index (χ0) is 38.8. The molecule has 1 aliphatic rings. The molecule has 2 atom stereocenters. The number of methoxy groups -OCH3 is 6. The van der Waals surface area contributed by atoms with E-state index in [1.165, 1.54) is 59.8 Å². The molecule has 15 heteroatoms. The number of fused-ring (bicyclic) bond motifs is 1. The molecule has 2 N–H and O–H groups in total. The maximum atomic E-state index is 14.0. The zero-order valence-corrected chi connectivity index (χ0v) is 31.0. The molecule has 2 unspecified atom stereocenters. The third-order valence-corrected chi connectivity index (χ3v) is 8.25. The summed E-state index contributed by atoms with van der Waals surface area (Å²) in [6.45, 7) is 2.16. The fourth-order valence-electron chi connectivity index (χ4n) is 5.39. The number of carbonyl (C=O) groups is 2. The summed E-state index contributed by atoms with van der Waals surface area (Å²) in [4.78, 5) is 28.0. The highest BCUT2D eigenvalue weighted by molar-refractivity contribution is 6.05. The number of hydrogen-bond acceptors (Lipinski definition) is 15. The number of nitrogens with one attached hydrogen (secondary N) is 1. The normalized spacial score (nSPS) is 13.6. The lowest BCUT2D eigenvalue weighted by molar-refractivity contribution is -0.190. The molecule has 4 aromatic carbocycles. The molecule has 54 heavy (non-hydrogen) atoms. The molecule has 0 radical (unpaired) electrons. The summed E-state index contributed by atoms with van der Waals surface area (Å²) in [5.41, 5.74) is 0.769. The molecule has 0 saturated carbocycles. The van der Waals surface area contributed by atoms with Gasteiger partial charge in [-0.05, 0) is 67.4 Å². The van der Waals surface area contributed by atoms with E-state index >= 15 is 0 Å². The van der Waals surface area contributed by atoms with Crippen LogP contribution < -0.4 is 57.4 Å². The van der Waals surface area contributed by atoms with Gasteiger partial charge in [-0.2, -0.15) is 0 Å². The van der Waals surface area contributed by atoms with Crippen molar-refractivity contribution in [2.75, 3.05) is 55.8 Å². The Kier molecular flexibility index (Phi) is 12.8. The molecular weight excluding hydrogens is 706 g/mol. The van der Waals surface area contributed by atoms with Gasteiger partial charge in [-0.15, -0.1) is 0 Å². The van der Waals surface area contributed by atoms with E-state index in [0.717, 1.165) is 5.56 Å². The Bertz CT molecular complexity index is 1860. The number of rotatable bonds is 18.